The van der Waals surface area contributed by atoms with Crippen molar-refractivity contribution in [1.29, 1.82) is 0 Å². The molecule has 0 amide bonds. The summed E-state index contributed by atoms with van der Waals surface area (Å²) in [5.74, 6) is 0. The second-order valence-corrected chi connectivity index (χ2v) is 2.19. The molecule has 7 heavy (non-hydrogen) atoms. The summed E-state index contributed by atoms with van der Waals surface area (Å²) in [4.78, 5) is 4.82. The normalized spacial score (nSPS) is 5.71. The molecule has 0 aliphatic heterocycles. The third-order valence-corrected chi connectivity index (χ3v) is 1.20. The van der Waals surface area contributed by atoms with Gasteiger partial charge in [0.05, 0.1) is 0 Å². The van der Waals surface area contributed by atoms with Gasteiger partial charge in [-0.3, -0.25) is 0 Å². The number of hydrogen-bond donors (Lipinski definition) is 0. The van der Waals surface area contributed by atoms with Gasteiger partial charge in [-0.25, -0.2) is 0 Å². The number of rotatable bonds is 2. The molecule has 0 aliphatic rings. The van der Waals surface area contributed by atoms with Crippen molar-refractivity contribution < 1.29 is 0 Å². The molecule has 0 heterocycles. The first kappa shape index (κ1) is 6.42. The van der Waals surface area contributed by atoms with Gasteiger partial charge in [-0.05, 0) is 0 Å². The van der Waals surface area contributed by atoms with Gasteiger partial charge in [0.2, 0.25) is 0 Å². The average molecular weight is 203 g/mol. The summed E-state index contributed by atoms with van der Waals surface area (Å²) in [6, 6.07) is 0. The molecular weight excluding hydrogens is 203 g/mol. The summed E-state index contributed by atoms with van der Waals surface area (Å²) in [5, 5.41) is 0. The van der Waals surface area contributed by atoms with Crippen LogP contribution in [0.2, 0.25) is 0 Å². The van der Waals surface area contributed by atoms with Crippen LogP contribution in [-0.4, -0.2) is 21.7 Å². The van der Waals surface area contributed by atoms with Crippen LogP contribution in [-0.2, 0) is 0 Å². The van der Waals surface area contributed by atoms with E-state index < -0.39 is 21.7 Å². The van der Waals surface area contributed by atoms with Crippen molar-refractivity contribution in [3.8, 4) is 0 Å². The van der Waals surface area contributed by atoms with E-state index in [1.54, 1.807) is 0 Å². The number of azide groups is 1. The van der Waals surface area contributed by atoms with Gasteiger partial charge in [0.1, 0.15) is 0 Å². The van der Waals surface area contributed by atoms with E-state index in [1.165, 1.54) is 0 Å². The molecule has 0 unspecified atom stereocenters. The maximum atomic E-state index is 7.61. The summed E-state index contributed by atoms with van der Waals surface area (Å²) in [7, 11) is 0. The number of nitrogens with zero attached hydrogens (tertiary/aromatic N) is 6. The summed E-state index contributed by atoms with van der Waals surface area (Å²) in [6.45, 7) is 0. The number of hydrogen-bond acceptors (Lipinski definition) is 2. The zero-order chi connectivity index (χ0) is 5.54. The summed E-state index contributed by atoms with van der Waals surface area (Å²) in [6.07, 6.45) is 0. The van der Waals surface area contributed by atoms with Gasteiger partial charge in [-0.2, -0.15) is 0 Å². The molecule has 0 fully saturated rings. The molecule has 0 aromatic carbocycles. The summed E-state index contributed by atoms with van der Waals surface area (Å²) < 4.78 is 6.18. The molecule has 0 spiro atoms. The Kier molecular flexibility index (Phi) is 4.97. The molecule has 6 nitrogen and oxygen atoms in total. The molecular formula is N6Sn. The van der Waals surface area contributed by atoms with Crippen LogP contribution >= 0.6 is 0 Å². The van der Waals surface area contributed by atoms with Crippen molar-refractivity contribution in [2.24, 2.45) is 6.67 Å². The van der Waals surface area contributed by atoms with E-state index in [2.05, 4.69) is 16.5 Å². The van der Waals surface area contributed by atoms with Crippen molar-refractivity contribution in [3.63, 3.8) is 0 Å². The average Bonchev–Trinajstić information content (AvgIpc) is 1.69. The van der Waals surface area contributed by atoms with Crippen molar-refractivity contribution in [1.82, 2.24) is 0 Å². The fraction of sp³-hybridized carbons (Fsp3) is 0. The van der Waals surface area contributed by atoms with Crippen molar-refractivity contribution in [2.45, 2.75) is 0 Å². The van der Waals surface area contributed by atoms with Gasteiger partial charge >= 0.3 is 49.2 Å². The van der Waals surface area contributed by atoms with E-state index in [0.29, 0.717) is 0 Å². The first-order valence-corrected chi connectivity index (χ1v) is 3.80. The molecule has 2 radical (unpaired) electrons. The van der Waals surface area contributed by atoms with Crippen molar-refractivity contribution >= 4 is 21.7 Å². The summed E-state index contributed by atoms with van der Waals surface area (Å²) in [5.41, 5.74) is 15.2. The Morgan fingerprint density at radius 3 is 1.86 bits per heavy atom. The Bertz CT molecular complexity index is 107. The molecule has 7 heteroatoms. The third kappa shape index (κ3) is 5.42. The fourth-order valence-electron chi connectivity index (χ4n) is 0.0600. The standard InChI is InChI=1S/2N3.Sn/c2*1-3-2;/q2*-1;+2. The molecule has 0 atom stereocenters. The van der Waals surface area contributed by atoms with Crippen LogP contribution in [0.4, 0.5) is 0 Å². The van der Waals surface area contributed by atoms with Crippen LogP contribution in [0.1, 0.15) is 0 Å². The van der Waals surface area contributed by atoms with Crippen LogP contribution in [0.5, 0.6) is 0 Å². The monoisotopic (exact) mass is 204 g/mol. The molecule has 34 valence electrons. The van der Waals surface area contributed by atoms with Gasteiger partial charge in [0.25, 0.3) is 0 Å². The van der Waals surface area contributed by atoms with E-state index >= 15 is 0 Å². The predicted molar refractivity (Wildman–Crippen MR) is 24.0 cm³/mol. The van der Waals surface area contributed by atoms with Crippen LogP contribution < -0.4 is 0 Å². The molecule has 0 saturated carbocycles. The van der Waals surface area contributed by atoms with Gasteiger partial charge in [0.15, 0.2) is 0 Å². The fourth-order valence-corrected chi connectivity index (χ4v) is 0.402. The molecule has 0 N–H and O–H groups in total. The van der Waals surface area contributed by atoms with Crippen LogP contribution in [0.25, 0.3) is 20.9 Å². The molecule has 0 rings (SSSR count). The molecule has 0 aromatic heterocycles. The van der Waals surface area contributed by atoms with E-state index in [1.807, 2.05) is 0 Å². The van der Waals surface area contributed by atoms with Crippen molar-refractivity contribution in [3.05, 3.63) is 20.9 Å². The summed E-state index contributed by atoms with van der Waals surface area (Å²) >= 11 is -1.40. The molecule has 0 saturated heterocycles. The quantitative estimate of drug-likeness (QED) is 0.278. The predicted octanol–water partition coefficient (Wildman–Crippen LogP) is 1.14. The second-order valence-electron chi connectivity index (χ2n) is 0.479. The van der Waals surface area contributed by atoms with Crippen molar-refractivity contribution in [2.75, 3.05) is 0 Å². The zero-order valence-electron chi connectivity index (χ0n) is 3.18. The van der Waals surface area contributed by atoms with Gasteiger partial charge in [-0.1, -0.05) is 0 Å². The van der Waals surface area contributed by atoms with Gasteiger partial charge in [-0.15, -0.1) is 0 Å². The maximum absolute atomic E-state index is 7.61. The Morgan fingerprint density at radius 1 is 1.14 bits per heavy atom. The Hall–Kier alpha value is -0.581. The Morgan fingerprint density at radius 2 is 1.57 bits per heavy atom. The second kappa shape index (κ2) is 5.42. The van der Waals surface area contributed by atoms with Crippen LogP contribution in [0, 0.1) is 0 Å². The molecule has 0 aromatic rings. The molecule has 0 bridgehead atoms. The van der Waals surface area contributed by atoms with Crippen LogP contribution in [0.15, 0.2) is 6.67 Å². The first-order valence-electron chi connectivity index (χ1n) is 1.25. The molecule has 0 aliphatic carbocycles. The topological polar surface area (TPSA) is 97.5 Å². The third-order valence-electron chi connectivity index (χ3n) is 0.179. The van der Waals surface area contributed by atoms with E-state index in [4.69, 9.17) is 11.1 Å². The van der Waals surface area contributed by atoms with E-state index in [-0.39, 0.29) is 0 Å². The van der Waals surface area contributed by atoms with Crippen LogP contribution in [0.3, 0.4) is 0 Å². The van der Waals surface area contributed by atoms with Gasteiger partial charge in [0, 0.05) is 0 Å². The first-order chi connectivity index (χ1) is 3.41. The van der Waals surface area contributed by atoms with Gasteiger partial charge < -0.3 is 0 Å². The SMILES string of the molecule is [N-]=[N+]=[N][Sn][N]=[N+]=[N-]. The van der Waals surface area contributed by atoms with E-state index in [9.17, 15) is 0 Å². The minimum absolute atomic E-state index is 1.40. The Balaban J connectivity index is 3.33. The minimum atomic E-state index is -1.40. The Labute approximate surface area is 49.7 Å². The zero-order valence-corrected chi connectivity index (χ0v) is 6.04. The van der Waals surface area contributed by atoms with E-state index in [0.717, 1.165) is 0 Å².